The second kappa shape index (κ2) is 7.13. The molecule has 3 aromatic rings. The van der Waals surface area contributed by atoms with Crippen LogP contribution in [0, 0.1) is 0 Å². The fourth-order valence-electron chi connectivity index (χ4n) is 2.58. The van der Waals surface area contributed by atoms with Gasteiger partial charge in [-0.25, -0.2) is 13.1 Å². The van der Waals surface area contributed by atoms with Crippen LogP contribution in [0.3, 0.4) is 0 Å². The van der Waals surface area contributed by atoms with Crippen LogP contribution in [-0.2, 0) is 9.84 Å². The van der Waals surface area contributed by atoms with Crippen LogP contribution in [0.5, 0.6) is 0 Å². The molecule has 0 bridgehead atoms. The molecule has 0 saturated heterocycles. The Morgan fingerprint density at radius 3 is 2.46 bits per heavy atom. The Balaban J connectivity index is 1.74. The minimum Gasteiger partial charge on any atom is -0.346 e. The lowest BCUT2D eigenvalue weighted by atomic mass is 10.1. The van der Waals surface area contributed by atoms with Crippen molar-refractivity contribution in [1.29, 1.82) is 0 Å². The van der Waals surface area contributed by atoms with Crippen LogP contribution in [0.25, 0.3) is 5.69 Å². The van der Waals surface area contributed by atoms with Gasteiger partial charge in [0.25, 0.3) is 5.91 Å². The standard InChI is InChI=1S/C19H19N3O3S/c1-14(15-7-9-18(10-8-15)26(2,24)25)21-19(23)16-5-3-6-17(13-16)22-12-4-11-20-22/h3-14H,1-2H3,(H,21,23)/t14-/m1/s1. The molecule has 1 atom stereocenters. The highest BCUT2D eigenvalue weighted by molar-refractivity contribution is 7.90. The van der Waals surface area contributed by atoms with Gasteiger partial charge in [0.2, 0.25) is 0 Å². The van der Waals surface area contributed by atoms with Gasteiger partial charge in [0.15, 0.2) is 9.84 Å². The van der Waals surface area contributed by atoms with Crippen molar-refractivity contribution in [1.82, 2.24) is 15.1 Å². The van der Waals surface area contributed by atoms with Gasteiger partial charge in [-0.05, 0) is 48.9 Å². The first-order chi connectivity index (χ1) is 12.3. The zero-order valence-corrected chi connectivity index (χ0v) is 15.3. The van der Waals surface area contributed by atoms with Crippen molar-refractivity contribution in [3.8, 4) is 5.69 Å². The van der Waals surface area contributed by atoms with Crippen molar-refractivity contribution < 1.29 is 13.2 Å². The van der Waals surface area contributed by atoms with Crippen molar-refractivity contribution in [2.24, 2.45) is 0 Å². The first-order valence-electron chi connectivity index (χ1n) is 8.05. The molecule has 1 N–H and O–H groups in total. The maximum atomic E-state index is 12.5. The Morgan fingerprint density at radius 1 is 1.12 bits per heavy atom. The first-order valence-corrected chi connectivity index (χ1v) is 9.95. The van der Waals surface area contributed by atoms with Crippen LogP contribution in [0.15, 0.2) is 71.9 Å². The SMILES string of the molecule is C[C@@H](NC(=O)c1cccc(-n2cccn2)c1)c1ccc(S(C)(=O)=O)cc1. The lowest BCUT2D eigenvalue weighted by Gasteiger charge is -2.15. The van der Waals surface area contributed by atoms with E-state index < -0.39 is 9.84 Å². The molecule has 0 unspecified atom stereocenters. The highest BCUT2D eigenvalue weighted by atomic mass is 32.2. The molecule has 3 rings (SSSR count). The third-order valence-electron chi connectivity index (χ3n) is 4.03. The van der Waals surface area contributed by atoms with E-state index in [1.165, 1.54) is 6.26 Å². The van der Waals surface area contributed by atoms with Gasteiger partial charge in [0.05, 0.1) is 16.6 Å². The monoisotopic (exact) mass is 369 g/mol. The van der Waals surface area contributed by atoms with Gasteiger partial charge in [-0.1, -0.05) is 18.2 Å². The molecule has 2 aromatic carbocycles. The number of amides is 1. The predicted octanol–water partition coefficient (Wildman–Crippen LogP) is 2.77. The van der Waals surface area contributed by atoms with E-state index >= 15 is 0 Å². The van der Waals surface area contributed by atoms with E-state index in [9.17, 15) is 13.2 Å². The summed E-state index contributed by atoms with van der Waals surface area (Å²) in [5.41, 5.74) is 2.15. The maximum absolute atomic E-state index is 12.5. The number of hydrogen-bond acceptors (Lipinski definition) is 4. The zero-order valence-electron chi connectivity index (χ0n) is 14.5. The molecule has 7 heteroatoms. The molecular formula is C19H19N3O3S. The van der Waals surface area contributed by atoms with Gasteiger partial charge in [-0.15, -0.1) is 0 Å². The third-order valence-corrected chi connectivity index (χ3v) is 5.16. The van der Waals surface area contributed by atoms with Gasteiger partial charge in [-0.2, -0.15) is 5.10 Å². The number of hydrogen-bond donors (Lipinski definition) is 1. The van der Waals surface area contributed by atoms with E-state index in [2.05, 4.69) is 10.4 Å². The summed E-state index contributed by atoms with van der Waals surface area (Å²) in [5, 5.41) is 7.08. The molecular weight excluding hydrogens is 350 g/mol. The third kappa shape index (κ3) is 4.00. The highest BCUT2D eigenvalue weighted by Gasteiger charge is 2.13. The lowest BCUT2D eigenvalue weighted by molar-refractivity contribution is 0.0940. The van der Waals surface area contributed by atoms with Crippen molar-refractivity contribution in [2.75, 3.05) is 6.26 Å². The number of nitrogens with zero attached hydrogens (tertiary/aromatic N) is 2. The largest absolute Gasteiger partial charge is 0.346 e. The molecule has 0 aliphatic heterocycles. The molecule has 1 heterocycles. The number of sulfone groups is 1. The number of carbonyl (C=O) groups excluding carboxylic acids is 1. The van der Waals surface area contributed by atoms with Gasteiger partial charge in [0.1, 0.15) is 0 Å². The average molecular weight is 369 g/mol. The van der Waals surface area contributed by atoms with E-state index in [-0.39, 0.29) is 16.8 Å². The maximum Gasteiger partial charge on any atom is 0.251 e. The summed E-state index contributed by atoms with van der Waals surface area (Å²) in [6, 6.07) is 15.2. The van der Waals surface area contributed by atoms with Crippen molar-refractivity contribution in [3.05, 3.63) is 78.1 Å². The molecule has 1 amide bonds. The van der Waals surface area contributed by atoms with Crippen LogP contribution in [-0.4, -0.2) is 30.4 Å². The number of nitrogens with one attached hydrogen (secondary N) is 1. The number of aromatic nitrogens is 2. The Morgan fingerprint density at radius 2 is 1.85 bits per heavy atom. The molecule has 26 heavy (non-hydrogen) atoms. The number of rotatable bonds is 5. The molecule has 1 aromatic heterocycles. The molecule has 0 saturated carbocycles. The molecule has 6 nitrogen and oxygen atoms in total. The second-order valence-electron chi connectivity index (χ2n) is 6.04. The predicted molar refractivity (Wildman–Crippen MR) is 99.0 cm³/mol. The van der Waals surface area contributed by atoms with Crippen LogP contribution < -0.4 is 5.32 Å². The molecule has 0 radical (unpaired) electrons. The summed E-state index contributed by atoms with van der Waals surface area (Å²) < 4.78 is 24.7. The quantitative estimate of drug-likeness (QED) is 0.750. The summed E-state index contributed by atoms with van der Waals surface area (Å²) in [5.74, 6) is -0.210. The van der Waals surface area contributed by atoms with Crippen LogP contribution >= 0.6 is 0 Å². The van der Waals surface area contributed by atoms with E-state index in [0.29, 0.717) is 5.56 Å². The average Bonchev–Trinajstić information content (AvgIpc) is 3.16. The van der Waals surface area contributed by atoms with Crippen molar-refractivity contribution in [3.63, 3.8) is 0 Å². The molecule has 0 aliphatic rings. The topological polar surface area (TPSA) is 81.1 Å². The van der Waals surface area contributed by atoms with Gasteiger partial charge in [-0.3, -0.25) is 4.79 Å². The van der Waals surface area contributed by atoms with Crippen LogP contribution in [0.2, 0.25) is 0 Å². The Hall–Kier alpha value is -2.93. The van der Waals surface area contributed by atoms with Crippen molar-refractivity contribution >= 4 is 15.7 Å². The fourth-order valence-corrected chi connectivity index (χ4v) is 3.21. The minimum atomic E-state index is -3.23. The summed E-state index contributed by atoms with van der Waals surface area (Å²) in [7, 11) is -3.23. The fraction of sp³-hybridized carbons (Fsp3) is 0.158. The van der Waals surface area contributed by atoms with Gasteiger partial charge < -0.3 is 5.32 Å². The Labute approximate surface area is 152 Å². The summed E-state index contributed by atoms with van der Waals surface area (Å²) >= 11 is 0. The van der Waals surface area contributed by atoms with Crippen LogP contribution in [0.4, 0.5) is 0 Å². The van der Waals surface area contributed by atoms with E-state index in [4.69, 9.17) is 0 Å². The Kier molecular flexibility index (Phi) is 4.90. The Bertz CT molecular complexity index is 1010. The number of carbonyl (C=O) groups is 1. The second-order valence-corrected chi connectivity index (χ2v) is 8.05. The van der Waals surface area contributed by atoms with Crippen LogP contribution in [0.1, 0.15) is 28.9 Å². The number of benzene rings is 2. The van der Waals surface area contributed by atoms with E-state index in [0.717, 1.165) is 11.3 Å². The zero-order chi connectivity index (χ0) is 18.7. The van der Waals surface area contributed by atoms with Gasteiger partial charge in [0, 0.05) is 24.2 Å². The van der Waals surface area contributed by atoms with E-state index in [1.807, 2.05) is 25.3 Å². The van der Waals surface area contributed by atoms with Crippen molar-refractivity contribution in [2.45, 2.75) is 17.9 Å². The summed E-state index contributed by atoms with van der Waals surface area (Å²) in [4.78, 5) is 12.8. The first kappa shape index (κ1) is 17.9. The summed E-state index contributed by atoms with van der Waals surface area (Å²) in [6.45, 7) is 1.85. The summed E-state index contributed by atoms with van der Waals surface area (Å²) in [6.07, 6.45) is 4.65. The molecule has 0 aliphatic carbocycles. The van der Waals surface area contributed by atoms with E-state index in [1.54, 1.807) is 53.3 Å². The van der Waals surface area contributed by atoms with Gasteiger partial charge >= 0.3 is 0 Å². The normalized spacial score (nSPS) is 12.5. The minimum absolute atomic E-state index is 0.210. The lowest BCUT2D eigenvalue weighted by Crippen LogP contribution is -2.26. The molecule has 0 fully saturated rings. The molecule has 134 valence electrons. The molecule has 0 spiro atoms. The highest BCUT2D eigenvalue weighted by Crippen LogP contribution is 2.17. The smallest absolute Gasteiger partial charge is 0.251 e.